The van der Waals surface area contributed by atoms with Crippen LogP contribution in [0.2, 0.25) is 0 Å². The summed E-state index contributed by atoms with van der Waals surface area (Å²) in [6.07, 6.45) is 4.10. The lowest BCUT2D eigenvalue weighted by Gasteiger charge is -2.24. The molecule has 0 unspecified atom stereocenters. The van der Waals surface area contributed by atoms with Crippen molar-refractivity contribution in [1.82, 2.24) is 4.98 Å². The van der Waals surface area contributed by atoms with E-state index < -0.39 is 0 Å². The van der Waals surface area contributed by atoms with Gasteiger partial charge in [-0.1, -0.05) is 31.5 Å². The number of unbranched alkanes of at least 4 members (excludes halogenated alkanes) is 1. The van der Waals surface area contributed by atoms with Gasteiger partial charge >= 0.3 is 0 Å². The van der Waals surface area contributed by atoms with E-state index in [0.717, 1.165) is 18.8 Å². The Morgan fingerprint density at radius 2 is 1.89 bits per heavy atom. The summed E-state index contributed by atoms with van der Waals surface area (Å²) in [4.78, 5) is 6.75. The Morgan fingerprint density at radius 3 is 2.53 bits per heavy atom. The number of anilines is 2. The third kappa shape index (κ3) is 3.98. The Balaban J connectivity index is 2.11. The molecule has 2 rings (SSSR count). The van der Waals surface area contributed by atoms with Crippen LogP contribution in [0.1, 0.15) is 25.5 Å². The second kappa shape index (κ2) is 6.78. The average Bonchev–Trinajstić information content (AvgIpc) is 2.46. The number of nitrogens with two attached hydrogens (primary N) is 1. The fourth-order valence-corrected chi connectivity index (χ4v) is 2.01. The summed E-state index contributed by atoms with van der Waals surface area (Å²) in [6.45, 7) is 4.08. The topological polar surface area (TPSA) is 42.1 Å². The molecule has 0 bridgehead atoms. The van der Waals surface area contributed by atoms with E-state index in [4.69, 9.17) is 5.73 Å². The van der Waals surface area contributed by atoms with E-state index in [-0.39, 0.29) is 0 Å². The first-order chi connectivity index (χ1) is 9.29. The van der Waals surface area contributed by atoms with Gasteiger partial charge < -0.3 is 10.6 Å². The van der Waals surface area contributed by atoms with Gasteiger partial charge in [0.2, 0.25) is 0 Å². The van der Waals surface area contributed by atoms with Crippen LogP contribution in [0.25, 0.3) is 0 Å². The van der Waals surface area contributed by atoms with Crippen molar-refractivity contribution in [2.45, 2.75) is 26.3 Å². The summed E-state index contributed by atoms with van der Waals surface area (Å²) in [6, 6.07) is 14.4. The zero-order chi connectivity index (χ0) is 13.5. The lowest BCUT2D eigenvalue weighted by molar-refractivity contribution is 0.708. The highest BCUT2D eigenvalue weighted by atomic mass is 15.1. The molecule has 19 heavy (non-hydrogen) atoms. The van der Waals surface area contributed by atoms with Gasteiger partial charge in [0.25, 0.3) is 0 Å². The third-order valence-electron chi connectivity index (χ3n) is 3.10. The van der Waals surface area contributed by atoms with Crippen LogP contribution in [0.3, 0.4) is 0 Å². The van der Waals surface area contributed by atoms with Gasteiger partial charge in [0, 0.05) is 12.2 Å². The molecule has 100 valence electrons. The number of aromatic nitrogens is 1. The molecule has 2 N–H and O–H groups in total. The molecule has 0 atom stereocenters. The van der Waals surface area contributed by atoms with Crippen molar-refractivity contribution in [3.8, 4) is 0 Å². The van der Waals surface area contributed by atoms with Crippen molar-refractivity contribution in [2.24, 2.45) is 0 Å². The third-order valence-corrected chi connectivity index (χ3v) is 3.10. The molecule has 0 spiro atoms. The Hall–Kier alpha value is -2.03. The normalized spacial score (nSPS) is 10.4. The zero-order valence-corrected chi connectivity index (χ0v) is 11.4. The number of hydrogen-bond donors (Lipinski definition) is 1. The molecule has 3 nitrogen and oxygen atoms in total. The zero-order valence-electron chi connectivity index (χ0n) is 11.4. The number of hydrogen-bond acceptors (Lipinski definition) is 3. The molecule has 0 amide bonds. The number of nitrogens with zero attached hydrogens (tertiary/aromatic N) is 2. The maximum atomic E-state index is 5.67. The first-order valence-corrected chi connectivity index (χ1v) is 6.80. The number of para-hydroxylation sites is 1. The summed E-state index contributed by atoms with van der Waals surface area (Å²) in [5, 5.41) is 0. The minimum atomic E-state index is 0.712. The molecule has 0 aliphatic carbocycles. The molecule has 3 heteroatoms. The van der Waals surface area contributed by atoms with E-state index in [1.165, 1.54) is 18.5 Å². The summed E-state index contributed by atoms with van der Waals surface area (Å²) in [5.74, 6) is 0. The summed E-state index contributed by atoms with van der Waals surface area (Å²) >= 11 is 0. The quantitative estimate of drug-likeness (QED) is 0.859. The second-order valence-electron chi connectivity index (χ2n) is 4.69. The maximum absolute atomic E-state index is 5.67. The molecule has 0 aliphatic rings. The van der Waals surface area contributed by atoms with Gasteiger partial charge in [0.05, 0.1) is 24.1 Å². The van der Waals surface area contributed by atoms with Crippen molar-refractivity contribution in [3.05, 3.63) is 54.4 Å². The van der Waals surface area contributed by atoms with Gasteiger partial charge in [-0.25, -0.2) is 0 Å². The Labute approximate surface area is 115 Å². The van der Waals surface area contributed by atoms with Crippen molar-refractivity contribution < 1.29 is 0 Å². The monoisotopic (exact) mass is 255 g/mol. The van der Waals surface area contributed by atoms with Gasteiger partial charge in [-0.15, -0.1) is 0 Å². The molecule has 0 saturated heterocycles. The Kier molecular flexibility index (Phi) is 4.78. The minimum Gasteiger partial charge on any atom is -0.397 e. The van der Waals surface area contributed by atoms with Crippen LogP contribution in [-0.4, -0.2) is 11.5 Å². The molecule has 1 aromatic carbocycles. The van der Waals surface area contributed by atoms with Crippen molar-refractivity contribution in [1.29, 1.82) is 0 Å². The fraction of sp³-hybridized carbons (Fsp3) is 0.312. The van der Waals surface area contributed by atoms with E-state index in [1.54, 1.807) is 6.20 Å². The summed E-state index contributed by atoms with van der Waals surface area (Å²) in [5.41, 5.74) is 8.68. The van der Waals surface area contributed by atoms with Crippen LogP contribution in [0.5, 0.6) is 0 Å². The first kappa shape index (κ1) is 13.4. The molecule has 1 aromatic heterocycles. The van der Waals surface area contributed by atoms with E-state index in [9.17, 15) is 0 Å². The maximum Gasteiger partial charge on any atom is 0.0602 e. The first-order valence-electron chi connectivity index (χ1n) is 6.80. The Morgan fingerprint density at radius 1 is 1.11 bits per heavy atom. The predicted molar refractivity (Wildman–Crippen MR) is 81.0 cm³/mol. The molecular formula is C16H21N3. The van der Waals surface area contributed by atoms with Crippen molar-refractivity contribution >= 4 is 11.4 Å². The largest absolute Gasteiger partial charge is 0.397 e. The average molecular weight is 255 g/mol. The molecule has 0 aliphatic heterocycles. The highest BCUT2D eigenvalue weighted by Gasteiger charge is 2.07. The lowest BCUT2D eigenvalue weighted by atomic mass is 10.2. The van der Waals surface area contributed by atoms with Crippen molar-refractivity contribution in [2.75, 3.05) is 17.2 Å². The van der Waals surface area contributed by atoms with Crippen LogP contribution in [-0.2, 0) is 6.54 Å². The van der Waals surface area contributed by atoms with Crippen LogP contribution in [0, 0.1) is 0 Å². The van der Waals surface area contributed by atoms with E-state index in [0.29, 0.717) is 5.69 Å². The van der Waals surface area contributed by atoms with E-state index in [1.807, 2.05) is 18.2 Å². The molecular weight excluding hydrogens is 234 g/mol. The van der Waals surface area contributed by atoms with Crippen LogP contribution < -0.4 is 10.6 Å². The summed E-state index contributed by atoms with van der Waals surface area (Å²) in [7, 11) is 0. The Bertz CT molecular complexity index is 479. The molecule has 0 saturated carbocycles. The number of benzene rings is 1. The lowest BCUT2D eigenvalue weighted by Crippen LogP contribution is -2.24. The molecule has 1 heterocycles. The van der Waals surface area contributed by atoms with E-state index >= 15 is 0 Å². The minimum absolute atomic E-state index is 0.712. The van der Waals surface area contributed by atoms with Gasteiger partial charge in [0.15, 0.2) is 0 Å². The van der Waals surface area contributed by atoms with Crippen LogP contribution >= 0.6 is 0 Å². The molecule has 0 radical (unpaired) electrons. The van der Waals surface area contributed by atoms with Gasteiger partial charge in [-0.3, -0.25) is 4.98 Å². The number of rotatable bonds is 6. The highest BCUT2D eigenvalue weighted by Crippen LogP contribution is 2.17. The fourth-order valence-electron chi connectivity index (χ4n) is 2.01. The van der Waals surface area contributed by atoms with Crippen molar-refractivity contribution in [3.63, 3.8) is 0 Å². The van der Waals surface area contributed by atoms with Gasteiger partial charge in [0.1, 0.15) is 0 Å². The number of nitrogen functional groups attached to an aromatic ring is 1. The van der Waals surface area contributed by atoms with Crippen LogP contribution in [0.4, 0.5) is 11.4 Å². The van der Waals surface area contributed by atoms with E-state index in [2.05, 4.69) is 41.1 Å². The predicted octanol–water partition coefficient (Wildman–Crippen LogP) is 3.47. The van der Waals surface area contributed by atoms with Crippen LogP contribution in [0.15, 0.2) is 48.7 Å². The highest BCUT2D eigenvalue weighted by molar-refractivity contribution is 5.46. The summed E-state index contributed by atoms with van der Waals surface area (Å²) < 4.78 is 0. The van der Waals surface area contributed by atoms with Gasteiger partial charge in [-0.2, -0.15) is 0 Å². The smallest absolute Gasteiger partial charge is 0.0602 e. The molecule has 2 aromatic rings. The molecule has 0 fully saturated rings. The number of pyridine rings is 1. The standard InChI is InChI=1S/C16H21N3/c1-2-3-11-19(16-7-5-4-6-8-16)13-15-10-9-14(17)12-18-15/h4-10,12H,2-3,11,13,17H2,1H3. The second-order valence-corrected chi connectivity index (χ2v) is 4.69. The SMILES string of the molecule is CCCCN(Cc1ccc(N)cn1)c1ccccc1. The van der Waals surface area contributed by atoms with Gasteiger partial charge in [-0.05, 0) is 30.7 Å².